The van der Waals surface area contributed by atoms with E-state index in [-0.39, 0.29) is 5.69 Å². The van der Waals surface area contributed by atoms with Crippen molar-refractivity contribution in [1.29, 1.82) is 0 Å². The van der Waals surface area contributed by atoms with Crippen LogP contribution in [0.4, 0.5) is 5.69 Å². The van der Waals surface area contributed by atoms with Gasteiger partial charge in [0.15, 0.2) is 0 Å². The number of rotatable bonds is 4. The van der Waals surface area contributed by atoms with E-state index in [9.17, 15) is 10.1 Å². The zero-order chi connectivity index (χ0) is 15.7. The highest BCUT2D eigenvalue weighted by atomic mass is 35.5. The molecule has 3 rings (SSSR count). The summed E-state index contributed by atoms with van der Waals surface area (Å²) in [6.07, 6.45) is 1.67. The molecule has 0 aliphatic rings. The number of benzene rings is 1. The summed E-state index contributed by atoms with van der Waals surface area (Å²) >= 11 is 5.93. The molecular weight excluding hydrogens is 310 g/mol. The Balaban J connectivity index is 1.79. The number of nitrogens with zero attached hydrogens (tertiary/aromatic N) is 5. The lowest BCUT2D eigenvalue weighted by Crippen LogP contribution is -2.00. The maximum atomic E-state index is 10.6. The van der Waals surface area contributed by atoms with E-state index >= 15 is 0 Å². The lowest BCUT2D eigenvalue weighted by molar-refractivity contribution is -0.384. The molecule has 0 saturated heterocycles. The quantitative estimate of drug-likeness (QED) is 0.541. The van der Waals surface area contributed by atoms with Gasteiger partial charge in [-0.05, 0) is 19.1 Å². The van der Waals surface area contributed by atoms with Gasteiger partial charge in [-0.1, -0.05) is 16.8 Å². The Morgan fingerprint density at radius 3 is 2.68 bits per heavy atom. The van der Waals surface area contributed by atoms with E-state index in [0.29, 0.717) is 28.8 Å². The van der Waals surface area contributed by atoms with Gasteiger partial charge >= 0.3 is 0 Å². The van der Waals surface area contributed by atoms with E-state index in [0.717, 1.165) is 5.69 Å². The number of hydrogen-bond donors (Lipinski definition) is 0. The monoisotopic (exact) mass is 319 g/mol. The summed E-state index contributed by atoms with van der Waals surface area (Å²) in [7, 11) is 0. The molecule has 0 atom stereocenters. The molecule has 0 unspecified atom stereocenters. The Hall–Kier alpha value is -2.74. The van der Waals surface area contributed by atoms with Crippen LogP contribution in [0, 0.1) is 17.0 Å². The molecule has 22 heavy (non-hydrogen) atoms. The van der Waals surface area contributed by atoms with Gasteiger partial charge < -0.3 is 4.52 Å². The first-order chi connectivity index (χ1) is 10.5. The van der Waals surface area contributed by atoms with Crippen molar-refractivity contribution < 1.29 is 9.45 Å². The second kappa shape index (κ2) is 5.57. The second-order valence-electron chi connectivity index (χ2n) is 4.58. The Kier molecular flexibility index (Phi) is 3.60. The third-order valence-electron chi connectivity index (χ3n) is 2.99. The molecule has 0 saturated carbocycles. The molecule has 1 aromatic carbocycles. The normalized spacial score (nSPS) is 10.8. The minimum Gasteiger partial charge on any atom is -0.337 e. The average Bonchev–Trinajstić information content (AvgIpc) is 3.07. The molecule has 0 N–H and O–H groups in total. The Morgan fingerprint density at radius 1 is 1.36 bits per heavy atom. The van der Waals surface area contributed by atoms with Crippen molar-refractivity contribution in [3.8, 4) is 11.4 Å². The molecule has 0 bridgehead atoms. The van der Waals surface area contributed by atoms with Gasteiger partial charge in [0.2, 0.25) is 11.7 Å². The minimum absolute atomic E-state index is 0.00845. The van der Waals surface area contributed by atoms with E-state index in [4.69, 9.17) is 16.1 Å². The molecule has 2 aromatic heterocycles. The third-order valence-corrected chi connectivity index (χ3v) is 3.36. The van der Waals surface area contributed by atoms with Crippen LogP contribution in [0.1, 0.15) is 11.6 Å². The van der Waals surface area contributed by atoms with Gasteiger partial charge in [0.05, 0.1) is 15.6 Å². The number of hydrogen-bond acceptors (Lipinski definition) is 6. The second-order valence-corrected chi connectivity index (χ2v) is 4.98. The van der Waals surface area contributed by atoms with Gasteiger partial charge in [-0.2, -0.15) is 10.1 Å². The van der Waals surface area contributed by atoms with Crippen molar-refractivity contribution in [1.82, 2.24) is 19.9 Å². The predicted molar refractivity (Wildman–Crippen MR) is 77.5 cm³/mol. The van der Waals surface area contributed by atoms with Gasteiger partial charge in [0.25, 0.3) is 5.69 Å². The van der Waals surface area contributed by atoms with Crippen LogP contribution in [0.2, 0.25) is 5.02 Å². The van der Waals surface area contributed by atoms with Gasteiger partial charge in [-0.25, -0.2) is 0 Å². The average molecular weight is 320 g/mol. The molecule has 8 nitrogen and oxygen atoms in total. The summed E-state index contributed by atoms with van der Waals surface area (Å²) in [5, 5.41) is 19.2. The van der Waals surface area contributed by atoms with Gasteiger partial charge in [0.1, 0.15) is 6.54 Å². The Labute approximate surface area is 129 Å². The fourth-order valence-electron chi connectivity index (χ4n) is 1.88. The van der Waals surface area contributed by atoms with Crippen molar-refractivity contribution in [3.63, 3.8) is 0 Å². The van der Waals surface area contributed by atoms with Gasteiger partial charge in [0, 0.05) is 23.9 Å². The van der Waals surface area contributed by atoms with Crippen molar-refractivity contribution in [3.05, 3.63) is 57.2 Å². The smallest absolute Gasteiger partial charge is 0.269 e. The number of aromatic nitrogens is 4. The zero-order valence-electron chi connectivity index (χ0n) is 11.4. The highest BCUT2D eigenvalue weighted by Gasteiger charge is 2.12. The van der Waals surface area contributed by atoms with E-state index in [1.807, 2.05) is 0 Å². The lowest BCUT2D eigenvalue weighted by atomic mass is 10.2. The summed E-state index contributed by atoms with van der Waals surface area (Å²) in [5.74, 6) is 0.729. The lowest BCUT2D eigenvalue weighted by Gasteiger charge is -1.95. The Morgan fingerprint density at radius 2 is 2.09 bits per heavy atom. The number of halogens is 1. The summed E-state index contributed by atoms with van der Waals surface area (Å²) in [4.78, 5) is 14.4. The highest BCUT2D eigenvalue weighted by molar-refractivity contribution is 6.31. The summed E-state index contributed by atoms with van der Waals surface area (Å²) in [6.45, 7) is 2.10. The van der Waals surface area contributed by atoms with E-state index < -0.39 is 4.92 Å². The van der Waals surface area contributed by atoms with Crippen molar-refractivity contribution in [2.24, 2.45) is 0 Å². The molecule has 0 aliphatic carbocycles. The first kappa shape index (κ1) is 14.2. The third kappa shape index (κ3) is 2.82. The first-order valence-electron chi connectivity index (χ1n) is 6.30. The van der Waals surface area contributed by atoms with Crippen LogP contribution in [0.15, 0.2) is 35.0 Å². The van der Waals surface area contributed by atoms with Crippen molar-refractivity contribution in [2.45, 2.75) is 13.5 Å². The topological polar surface area (TPSA) is 99.9 Å². The predicted octanol–water partition coefficient (Wildman–Crippen LogP) is 2.85. The van der Waals surface area contributed by atoms with Crippen LogP contribution in [0.3, 0.4) is 0 Å². The van der Waals surface area contributed by atoms with Gasteiger partial charge in [-0.15, -0.1) is 0 Å². The van der Waals surface area contributed by atoms with E-state index in [2.05, 4.69) is 15.2 Å². The molecule has 0 aliphatic heterocycles. The van der Waals surface area contributed by atoms with Crippen molar-refractivity contribution in [2.75, 3.05) is 0 Å². The van der Waals surface area contributed by atoms with Crippen LogP contribution in [-0.4, -0.2) is 24.8 Å². The first-order valence-corrected chi connectivity index (χ1v) is 6.67. The molecule has 0 radical (unpaired) electrons. The molecule has 112 valence electrons. The van der Waals surface area contributed by atoms with Crippen LogP contribution in [0.5, 0.6) is 0 Å². The number of aryl methyl sites for hydroxylation is 1. The maximum absolute atomic E-state index is 10.6. The van der Waals surface area contributed by atoms with Crippen LogP contribution in [0.25, 0.3) is 11.4 Å². The van der Waals surface area contributed by atoms with Crippen molar-refractivity contribution >= 4 is 17.3 Å². The Bertz CT molecular complexity index is 805. The summed E-state index contributed by atoms with van der Waals surface area (Å²) < 4.78 is 6.75. The SMILES string of the molecule is Cc1nn(Cc2nc(-c3ccc([N+](=O)[O-])cc3)no2)cc1Cl. The number of nitro benzene ring substituents is 1. The van der Waals surface area contributed by atoms with E-state index in [1.165, 1.54) is 12.1 Å². The summed E-state index contributed by atoms with van der Waals surface area (Å²) in [5.41, 5.74) is 1.36. The molecule has 0 spiro atoms. The standard InChI is InChI=1S/C13H10ClN5O3/c1-8-11(14)6-18(16-8)7-12-15-13(17-22-12)9-2-4-10(5-3-9)19(20)21/h2-6H,7H2,1H3. The highest BCUT2D eigenvalue weighted by Crippen LogP contribution is 2.20. The molecular formula is C13H10ClN5O3. The molecule has 2 heterocycles. The number of nitro groups is 1. The summed E-state index contributed by atoms with van der Waals surface area (Å²) in [6, 6.07) is 5.92. The largest absolute Gasteiger partial charge is 0.337 e. The maximum Gasteiger partial charge on any atom is 0.269 e. The number of non-ortho nitro benzene ring substituents is 1. The zero-order valence-corrected chi connectivity index (χ0v) is 12.2. The molecule has 0 amide bonds. The molecule has 0 fully saturated rings. The minimum atomic E-state index is -0.463. The molecule has 3 aromatic rings. The fourth-order valence-corrected chi connectivity index (χ4v) is 2.03. The van der Waals surface area contributed by atoms with Crippen LogP contribution < -0.4 is 0 Å². The fraction of sp³-hybridized carbons (Fsp3) is 0.154. The van der Waals surface area contributed by atoms with Gasteiger partial charge in [-0.3, -0.25) is 14.8 Å². The van der Waals surface area contributed by atoms with Crippen LogP contribution in [-0.2, 0) is 6.54 Å². The van der Waals surface area contributed by atoms with E-state index in [1.54, 1.807) is 29.9 Å². The van der Waals surface area contributed by atoms with Crippen LogP contribution >= 0.6 is 11.6 Å². The molecule has 9 heteroatoms.